The van der Waals surface area contributed by atoms with Crippen molar-refractivity contribution >= 4 is 12.1 Å². The van der Waals surface area contributed by atoms with Gasteiger partial charge in [0.15, 0.2) is 18.1 Å². The average molecular weight is 328 g/mol. The van der Waals surface area contributed by atoms with Crippen LogP contribution in [0.5, 0.6) is 17.2 Å². The number of nitrogens with zero attached hydrogens (tertiary/aromatic N) is 1. The number of hydrogen-bond donors (Lipinski definition) is 2. The first-order chi connectivity index (χ1) is 11.5. The molecule has 0 aromatic heterocycles. The van der Waals surface area contributed by atoms with Crippen LogP contribution in [-0.4, -0.2) is 30.9 Å². The molecule has 0 spiro atoms. The Kier molecular flexibility index (Phi) is 5.78. The highest BCUT2D eigenvalue weighted by Gasteiger charge is 2.05. The Labute approximate surface area is 140 Å². The lowest BCUT2D eigenvalue weighted by Crippen LogP contribution is -2.24. The van der Waals surface area contributed by atoms with Gasteiger partial charge in [-0.3, -0.25) is 4.79 Å². The number of nitrogens with one attached hydrogen (secondary N) is 1. The van der Waals surface area contributed by atoms with Crippen LogP contribution >= 0.6 is 0 Å². The van der Waals surface area contributed by atoms with E-state index in [4.69, 9.17) is 9.47 Å². The van der Waals surface area contributed by atoms with Crippen molar-refractivity contribution in [1.82, 2.24) is 5.43 Å². The molecular formula is C18H20N2O4. The van der Waals surface area contributed by atoms with Crippen LogP contribution in [-0.2, 0) is 4.79 Å². The molecule has 0 fully saturated rings. The van der Waals surface area contributed by atoms with Crippen LogP contribution in [0.1, 0.15) is 16.7 Å². The molecule has 24 heavy (non-hydrogen) atoms. The van der Waals surface area contributed by atoms with Gasteiger partial charge in [-0.15, -0.1) is 0 Å². The number of ether oxygens (including phenoxy) is 2. The fourth-order valence-electron chi connectivity index (χ4n) is 2.00. The molecule has 2 rings (SSSR count). The van der Waals surface area contributed by atoms with Crippen LogP contribution < -0.4 is 14.9 Å². The van der Waals surface area contributed by atoms with Gasteiger partial charge in [-0.1, -0.05) is 12.1 Å². The van der Waals surface area contributed by atoms with Crippen LogP contribution in [0.3, 0.4) is 0 Å². The molecule has 2 aromatic carbocycles. The first-order valence-electron chi connectivity index (χ1n) is 7.38. The monoisotopic (exact) mass is 328 g/mol. The number of carbonyl (C=O) groups excluding carboxylic acids is 1. The van der Waals surface area contributed by atoms with Crippen LogP contribution in [0.4, 0.5) is 0 Å². The minimum absolute atomic E-state index is 0.00559. The Morgan fingerprint density at radius 3 is 2.71 bits per heavy atom. The molecule has 2 aromatic rings. The Morgan fingerprint density at radius 2 is 2.00 bits per heavy atom. The zero-order valence-corrected chi connectivity index (χ0v) is 13.9. The molecule has 0 heterocycles. The zero-order valence-electron chi connectivity index (χ0n) is 13.9. The molecule has 6 nitrogen and oxygen atoms in total. The Bertz CT molecular complexity index is 757. The highest BCUT2D eigenvalue weighted by Crippen LogP contribution is 2.25. The molecule has 1 amide bonds. The van der Waals surface area contributed by atoms with E-state index in [0.29, 0.717) is 17.1 Å². The molecule has 126 valence electrons. The quantitative estimate of drug-likeness (QED) is 0.631. The van der Waals surface area contributed by atoms with Gasteiger partial charge in [0, 0.05) is 0 Å². The molecule has 0 unspecified atom stereocenters. The molecule has 0 radical (unpaired) electrons. The van der Waals surface area contributed by atoms with E-state index in [-0.39, 0.29) is 18.3 Å². The number of benzene rings is 2. The number of methoxy groups -OCH3 is 1. The number of hydrogen-bond acceptors (Lipinski definition) is 5. The van der Waals surface area contributed by atoms with E-state index in [9.17, 15) is 9.90 Å². The van der Waals surface area contributed by atoms with Gasteiger partial charge < -0.3 is 14.6 Å². The van der Waals surface area contributed by atoms with Gasteiger partial charge in [0.2, 0.25) is 0 Å². The van der Waals surface area contributed by atoms with Crippen molar-refractivity contribution in [2.45, 2.75) is 13.8 Å². The molecule has 0 saturated carbocycles. The molecule has 0 atom stereocenters. The predicted molar refractivity (Wildman–Crippen MR) is 91.8 cm³/mol. The number of phenols is 1. The Hall–Kier alpha value is -3.02. The second-order valence-corrected chi connectivity index (χ2v) is 5.28. The van der Waals surface area contributed by atoms with Crippen LogP contribution in [0.2, 0.25) is 0 Å². The fourth-order valence-corrected chi connectivity index (χ4v) is 2.00. The summed E-state index contributed by atoms with van der Waals surface area (Å²) in [5, 5.41) is 13.5. The minimum Gasteiger partial charge on any atom is -0.504 e. The number of aryl methyl sites for hydroxylation is 2. The lowest BCUT2D eigenvalue weighted by atomic mass is 10.1. The molecule has 0 aliphatic rings. The summed E-state index contributed by atoms with van der Waals surface area (Å²) in [6.45, 7) is 3.75. The average Bonchev–Trinajstić information content (AvgIpc) is 2.56. The molecule has 0 aliphatic carbocycles. The third-order valence-corrected chi connectivity index (χ3v) is 3.31. The predicted octanol–water partition coefficient (Wildman–Crippen LogP) is 2.55. The van der Waals surface area contributed by atoms with Gasteiger partial charge in [0.05, 0.1) is 13.3 Å². The fraction of sp³-hybridized carbons (Fsp3) is 0.222. The van der Waals surface area contributed by atoms with E-state index in [2.05, 4.69) is 10.5 Å². The van der Waals surface area contributed by atoms with Crippen LogP contribution in [0.25, 0.3) is 0 Å². The number of hydrazone groups is 1. The van der Waals surface area contributed by atoms with Crippen LogP contribution in [0, 0.1) is 13.8 Å². The van der Waals surface area contributed by atoms with E-state index in [1.807, 2.05) is 32.0 Å². The highest BCUT2D eigenvalue weighted by molar-refractivity contribution is 5.83. The summed E-state index contributed by atoms with van der Waals surface area (Å²) in [4.78, 5) is 11.8. The molecule has 2 N–H and O–H groups in total. The number of rotatable bonds is 6. The minimum atomic E-state index is -0.370. The van der Waals surface area contributed by atoms with E-state index < -0.39 is 0 Å². The second kappa shape index (κ2) is 8.01. The van der Waals surface area contributed by atoms with E-state index in [0.717, 1.165) is 11.1 Å². The summed E-state index contributed by atoms with van der Waals surface area (Å²) >= 11 is 0. The Morgan fingerprint density at radius 1 is 1.21 bits per heavy atom. The van der Waals surface area contributed by atoms with Crippen molar-refractivity contribution in [3.8, 4) is 17.2 Å². The van der Waals surface area contributed by atoms with E-state index in [1.54, 1.807) is 12.1 Å². The molecule has 0 bridgehead atoms. The number of carbonyl (C=O) groups is 1. The summed E-state index contributed by atoms with van der Waals surface area (Å²) in [6, 6.07) is 10.6. The van der Waals surface area contributed by atoms with Crippen molar-refractivity contribution < 1.29 is 19.4 Å². The van der Waals surface area contributed by atoms with Gasteiger partial charge in [0.1, 0.15) is 5.75 Å². The first-order valence-corrected chi connectivity index (χ1v) is 7.38. The summed E-state index contributed by atoms with van der Waals surface area (Å²) in [7, 11) is 1.47. The van der Waals surface area contributed by atoms with Gasteiger partial charge >= 0.3 is 0 Å². The smallest absolute Gasteiger partial charge is 0.277 e. The first kappa shape index (κ1) is 17.3. The maximum absolute atomic E-state index is 11.8. The van der Waals surface area contributed by atoms with Crippen molar-refractivity contribution in [3.63, 3.8) is 0 Å². The van der Waals surface area contributed by atoms with E-state index in [1.165, 1.54) is 19.4 Å². The van der Waals surface area contributed by atoms with Crippen molar-refractivity contribution in [3.05, 3.63) is 53.1 Å². The maximum atomic E-state index is 11.8. The summed E-state index contributed by atoms with van der Waals surface area (Å²) in [5.74, 6) is 0.684. The molecule has 6 heteroatoms. The topological polar surface area (TPSA) is 80.2 Å². The maximum Gasteiger partial charge on any atom is 0.277 e. The second-order valence-electron chi connectivity index (χ2n) is 5.28. The molecule has 0 saturated heterocycles. The highest BCUT2D eigenvalue weighted by atomic mass is 16.5. The van der Waals surface area contributed by atoms with Gasteiger partial charge in [-0.2, -0.15) is 5.10 Å². The molecular weight excluding hydrogens is 308 g/mol. The standard InChI is InChI=1S/C18H20N2O4/c1-12-4-5-13(2)17(8-12)24-11-18(22)20-19-10-14-6-7-16(23-3)15(21)9-14/h4-10,21H,11H2,1-3H3,(H,20,22)/b19-10+. The summed E-state index contributed by atoms with van der Waals surface area (Å²) in [5.41, 5.74) is 5.03. The Balaban J connectivity index is 1.86. The van der Waals surface area contributed by atoms with Gasteiger partial charge in [-0.05, 0) is 54.8 Å². The SMILES string of the molecule is COc1ccc(/C=N/NC(=O)COc2cc(C)ccc2C)cc1O. The normalized spacial score (nSPS) is 10.6. The van der Waals surface area contributed by atoms with Crippen molar-refractivity contribution in [2.24, 2.45) is 5.10 Å². The lowest BCUT2D eigenvalue weighted by Gasteiger charge is -2.08. The lowest BCUT2D eigenvalue weighted by molar-refractivity contribution is -0.123. The summed E-state index contributed by atoms with van der Waals surface area (Å²) in [6.07, 6.45) is 1.43. The largest absolute Gasteiger partial charge is 0.504 e. The van der Waals surface area contributed by atoms with E-state index >= 15 is 0 Å². The van der Waals surface area contributed by atoms with Crippen molar-refractivity contribution in [1.29, 1.82) is 0 Å². The number of phenolic OH excluding ortho intramolecular Hbond substituents is 1. The van der Waals surface area contributed by atoms with Crippen molar-refractivity contribution in [2.75, 3.05) is 13.7 Å². The third-order valence-electron chi connectivity index (χ3n) is 3.31. The molecule has 0 aliphatic heterocycles. The van der Waals surface area contributed by atoms with Gasteiger partial charge in [-0.25, -0.2) is 5.43 Å². The van der Waals surface area contributed by atoms with Gasteiger partial charge in [0.25, 0.3) is 5.91 Å². The number of amides is 1. The third kappa shape index (κ3) is 4.74. The zero-order chi connectivity index (χ0) is 17.5. The van der Waals surface area contributed by atoms with Crippen LogP contribution in [0.15, 0.2) is 41.5 Å². The summed E-state index contributed by atoms with van der Waals surface area (Å²) < 4.78 is 10.4. The number of aromatic hydroxyl groups is 1.